The van der Waals surface area contributed by atoms with Crippen molar-refractivity contribution in [2.75, 3.05) is 13.6 Å². The molecule has 1 aliphatic carbocycles. The first-order valence-electron chi connectivity index (χ1n) is 5.87. The summed E-state index contributed by atoms with van der Waals surface area (Å²) in [5.74, 6) is -0.0263. The Labute approximate surface area is 99.6 Å². The molecule has 0 saturated heterocycles. The largest absolute Gasteiger partial charge is 0.358 e. The van der Waals surface area contributed by atoms with Gasteiger partial charge in [-0.2, -0.15) is 0 Å². The van der Waals surface area contributed by atoms with Crippen LogP contribution in [-0.2, 0) is 11.2 Å². The summed E-state index contributed by atoms with van der Waals surface area (Å²) in [6.07, 6.45) is 2.93. The van der Waals surface area contributed by atoms with Crippen LogP contribution in [0.25, 0.3) is 0 Å². The number of carbonyl (C=O) groups is 1. The van der Waals surface area contributed by atoms with Gasteiger partial charge in [0.05, 0.1) is 6.54 Å². The summed E-state index contributed by atoms with van der Waals surface area (Å²) in [6.45, 7) is 0.305. The second-order valence-electron chi connectivity index (χ2n) is 4.26. The summed E-state index contributed by atoms with van der Waals surface area (Å²) in [4.78, 5) is 25.3. The molecular formula is C12H17N3O2. The van der Waals surface area contributed by atoms with Gasteiger partial charge < -0.3 is 15.6 Å². The van der Waals surface area contributed by atoms with Gasteiger partial charge in [0.25, 0.3) is 0 Å². The molecule has 2 rings (SSSR count). The third-order valence-corrected chi connectivity index (χ3v) is 3.12. The van der Waals surface area contributed by atoms with Gasteiger partial charge in [-0.25, -0.2) is 0 Å². The minimum atomic E-state index is -0.0595. The second-order valence-corrected chi connectivity index (χ2v) is 4.26. The van der Waals surface area contributed by atoms with E-state index < -0.39 is 0 Å². The summed E-state index contributed by atoms with van der Waals surface area (Å²) in [5, 5.41) is 5.79. The maximum atomic E-state index is 11.2. The molecule has 0 saturated carbocycles. The van der Waals surface area contributed by atoms with Crippen LogP contribution < -0.4 is 16.2 Å². The molecule has 5 heteroatoms. The fraction of sp³-hybridized carbons (Fsp3) is 0.500. The van der Waals surface area contributed by atoms with Crippen LogP contribution in [-0.4, -0.2) is 24.5 Å². The lowest BCUT2D eigenvalue weighted by molar-refractivity contribution is -0.119. The van der Waals surface area contributed by atoms with E-state index in [0.717, 1.165) is 30.5 Å². The second kappa shape index (κ2) is 5.14. The molecule has 1 unspecified atom stereocenters. The van der Waals surface area contributed by atoms with Gasteiger partial charge in [-0.05, 0) is 24.8 Å². The molecule has 5 nitrogen and oxygen atoms in total. The zero-order valence-electron chi connectivity index (χ0n) is 9.88. The Kier molecular flexibility index (Phi) is 3.58. The molecule has 0 aliphatic heterocycles. The highest BCUT2D eigenvalue weighted by molar-refractivity contribution is 5.77. The molecule has 1 aliphatic rings. The quantitative estimate of drug-likeness (QED) is 0.695. The maximum Gasteiger partial charge on any atom is 0.248 e. The molecule has 1 aromatic rings. The highest BCUT2D eigenvalue weighted by atomic mass is 16.1. The van der Waals surface area contributed by atoms with Crippen molar-refractivity contribution in [2.24, 2.45) is 0 Å². The third kappa shape index (κ3) is 2.74. The summed E-state index contributed by atoms with van der Waals surface area (Å²) < 4.78 is 0. The number of likely N-dealkylation sites (N-methyl/N-ethyl adjacent to an activating group) is 1. The first-order chi connectivity index (χ1) is 8.20. The SMILES string of the molecule is CNC(=O)CNC1CCCc2[nH]c(=O)ccc21. The lowest BCUT2D eigenvalue weighted by atomic mass is 9.91. The molecule has 0 aromatic carbocycles. The standard InChI is InChI=1S/C12H17N3O2/c1-13-12(17)7-14-9-3-2-4-10-8(9)5-6-11(16)15-10/h5-6,9,14H,2-4,7H2,1H3,(H,13,17)(H,15,16). The molecule has 92 valence electrons. The van der Waals surface area contributed by atoms with Gasteiger partial charge in [0, 0.05) is 24.8 Å². The van der Waals surface area contributed by atoms with E-state index in [9.17, 15) is 9.59 Å². The number of pyridine rings is 1. The van der Waals surface area contributed by atoms with E-state index in [0.29, 0.717) is 6.54 Å². The number of aromatic amines is 1. The molecule has 1 amide bonds. The van der Waals surface area contributed by atoms with Crippen LogP contribution in [0.3, 0.4) is 0 Å². The van der Waals surface area contributed by atoms with E-state index in [1.807, 2.05) is 6.07 Å². The molecule has 0 bridgehead atoms. The van der Waals surface area contributed by atoms with Crippen molar-refractivity contribution in [3.8, 4) is 0 Å². The minimum absolute atomic E-state index is 0.0263. The van der Waals surface area contributed by atoms with E-state index in [4.69, 9.17) is 0 Å². The van der Waals surface area contributed by atoms with Crippen molar-refractivity contribution in [1.29, 1.82) is 0 Å². The number of carbonyl (C=O) groups excluding carboxylic acids is 1. The number of amides is 1. The summed E-state index contributed by atoms with van der Waals surface area (Å²) in [6, 6.07) is 3.56. The third-order valence-electron chi connectivity index (χ3n) is 3.12. The zero-order chi connectivity index (χ0) is 12.3. The van der Waals surface area contributed by atoms with Crippen molar-refractivity contribution < 1.29 is 4.79 Å². The van der Waals surface area contributed by atoms with E-state index in [2.05, 4.69) is 15.6 Å². The van der Waals surface area contributed by atoms with Crippen molar-refractivity contribution >= 4 is 5.91 Å². The summed E-state index contributed by atoms with van der Waals surface area (Å²) >= 11 is 0. The number of aromatic nitrogens is 1. The Morgan fingerprint density at radius 3 is 3.12 bits per heavy atom. The number of hydrogen-bond acceptors (Lipinski definition) is 3. The van der Waals surface area contributed by atoms with Crippen molar-refractivity contribution in [3.63, 3.8) is 0 Å². The molecule has 3 N–H and O–H groups in total. The lowest BCUT2D eigenvalue weighted by Crippen LogP contribution is -2.35. The predicted octanol–water partition coefficient (Wildman–Crippen LogP) is 0.0879. The molecule has 0 spiro atoms. The van der Waals surface area contributed by atoms with Crippen molar-refractivity contribution in [1.82, 2.24) is 15.6 Å². The van der Waals surface area contributed by atoms with Crippen LogP contribution in [0.2, 0.25) is 0 Å². The average molecular weight is 235 g/mol. The molecule has 1 atom stereocenters. The number of nitrogens with one attached hydrogen (secondary N) is 3. The lowest BCUT2D eigenvalue weighted by Gasteiger charge is -2.25. The first kappa shape index (κ1) is 11.9. The number of hydrogen-bond donors (Lipinski definition) is 3. The van der Waals surface area contributed by atoms with Crippen molar-refractivity contribution in [2.45, 2.75) is 25.3 Å². The average Bonchev–Trinajstić information content (AvgIpc) is 2.35. The molecule has 17 heavy (non-hydrogen) atoms. The fourth-order valence-electron chi connectivity index (χ4n) is 2.22. The zero-order valence-corrected chi connectivity index (χ0v) is 9.88. The van der Waals surface area contributed by atoms with Crippen LogP contribution in [0.5, 0.6) is 0 Å². The van der Waals surface area contributed by atoms with Crippen LogP contribution in [0.15, 0.2) is 16.9 Å². The molecule has 1 heterocycles. The Bertz CT molecular complexity index is 467. The summed E-state index contributed by atoms with van der Waals surface area (Å²) in [5.41, 5.74) is 2.05. The minimum Gasteiger partial charge on any atom is -0.358 e. The normalized spacial score (nSPS) is 18.5. The van der Waals surface area contributed by atoms with Gasteiger partial charge >= 0.3 is 0 Å². The van der Waals surface area contributed by atoms with E-state index in [1.54, 1.807) is 13.1 Å². The Morgan fingerprint density at radius 2 is 2.35 bits per heavy atom. The fourth-order valence-corrected chi connectivity index (χ4v) is 2.22. The number of H-pyrrole nitrogens is 1. The molecular weight excluding hydrogens is 218 g/mol. The van der Waals surface area contributed by atoms with Crippen LogP contribution in [0.1, 0.15) is 30.1 Å². The highest BCUT2D eigenvalue weighted by Gasteiger charge is 2.20. The van der Waals surface area contributed by atoms with E-state index in [-0.39, 0.29) is 17.5 Å². The monoisotopic (exact) mass is 235 g/mol. The van der Waals surface area contributed by atoms with Gasteiger partial charge in [0.1, 0.15) is 0 Å². The van der Waals surface area contributed by atoms with Gasteiger partial charge in [0.2, 0.25) is 11.5 Å². The number of fused-ring (bicyclic) bond motifs is 1. The summed E-state index contributed by atoms with van der Waals surface area (Å²) in [7, 11) is 1.62. The maximum absolute atomic E-state index is 11.2. The number of rotatable bonds is 3. The van der Waals surface area contributed by atoms with Crippen LogP contribution in [0, 0.1) is 0 Å². The Morgan fingerprint density at radius 1 is 1.53 bits per heavy atom. The topological polar surface area (TPSA) is 74.0 Å². The molecule has 0 fully saturated rings. The number of aryl methyl sites for hydroxylation is 1. The molecule has 1 aromatic heterocycles. The highest BCUT2D eigenvalue weighted by Crippen LogP contribution is 2.27. The van der Waals surface area contributed by atoms with Crippen molar-refractivity contribution in [3.05, 3.63) is 33.7 Å². The van der Waals surface area contributed by atoms with Gasteiger partial charge in [0.15, 0.2) is 0 Å². The Balaban J connectivity index is 2.12. The van der Waals surface area contributed by atoms with E-state index >= 15 is 0 Å². The smallest absolute Gasteiger partial charge is 0.248 e. The van der Waals surface area contributed by atoms with Crippen LogP contribution >= 0.6 is 0 Å². The predicted molar refractivity (Wildman–Crippen MR) is 64.8 cm³/mol. The van der Waals surface area contributed by atoms with Gasteiger partial charge in [-0.1, -0.05) is 6.07 Å². The van der Waals surface area contributed by atoms with E-state index in [1.165, 1.54) is 0 Å². The van der Waals surface area contributed by atoms with Gasteiger partial charge in [-0.3, -0.25) is 9.59 Å². The Hall–Kier alpha value is -1.62. The van der Waals surface area contributed by atoms with Crippen LogP contribution in [0.4, 0.5) is 0 Å². The molecule has 0 radical (unpaired) electrons. The first-order valence-corrected chi connectivity index (χ1v) is 5.87. The van der Waals surface area contributed by atoms with Gasteiger partial charge in [-0.15, -0.1) is 0 Å².